The van der Waals surface area contributed by atoms with Gasteiger partial charge in [0.2, 0.25) is 5.91 Å². The zero-order valence-electron chi connectivity index (χ0n) is 20.3. The lowest BCUT2D eigenvalue weighted by Gasteiger charge is -2.12. The fourth-order valence-electron chi connectivity index (χ4n) is 4.46. The van der Waals surface area contributed by atoms with E-state index in [1.54, 1.807) is 12.1 Å². The molecule has 1 N–H and O–H groups in total. The predicted octanol–water partition coefficient (Wildman–Crippen LogP) is 5.68. The third-order valence-corrected chi connectivity index (χ3v) is 7.21. The molecule has 0 saturated carbocycles. The maximum Gasteiger partial charge on any atom is 0.294 e. The highest BCUT2D eigenvalue weighted by Crippen LogP contribution is 2.36. The molecule has 38 heavy (non-hydrogen) atoms. The Labute approximate surface area is 222 Å². The number of hydrogen-bond acceptors (Lipinski definition) is 5. The van der Waals surface area contributed by atoms with Gasteiger partial charge in [-0.05, 0) is 60.7 Å². The van der Waals surface area contributed by atoms with E-state index in [0.717, 1.165) is 50.5 Å². The molecule has 0 radical (unpaired) electrons. The van der Waals surface area contributed by atoms with Crippen LogP contribution in [-0.4, -0.2) is 33.1 Å². The first-order valence-electron chi connectivity index (χ1n) is 11.7. The zero-order chi connectivity index (χ0) is 26.8. The number of hydrogen-bond donors (Lipinski definition) is 1. The number of rotatable bonds is 6. The Morgan fingerprint density at radius 3 is 2.63 bits per heavy atom. The number of carbonyl (C=O) groups excluding carboxylic acids is 3. The van der Waals surface area contributed by atoms with E-state index in [2.05, 4.69) is 16.0 Å². The van der Waals surface area contributed by atoms with Crippen molar-refractivity contribution in [2.24, 2.45) is 0 Å². The van der Waals surface area contributed by atoms with Crippen LogP contribution in [0.5, 0.6) is 0 Å². The van der Waals surface area contributed by atoms with E-state index in [0.29, 0.717) is 12.1 Å². The van der Waals surface area contributed by atoms with Crippen LogP contribution in [0.4, 0.5) is 14.9 Å². The Morgan fingerprint density at radius 2 is 1.84 bits per heavy atom. The smallest absolute Gasteiger partial charge is 0.294 e. The maximum absolute atomic E-state index is 13.4. The van der Waals surface area contributed by atoms with Gasteiger partial charge in [0, 0.05) is 34.4 Å². The van der Waals surface area contributed by atoms with Crippen LogP contribution in [0.3, 0.4) is 0 Å². The summed E-state index contributed by atoms with van der Waals surface area (Å²) in [6.45, 7) is 1.91. The molecule has 0 spiro atoms. The second-order valence-corrected chi connectivity index (χ2v) is 9.69. The van der Waals surface area contributed by atoms with Gasteiger partial charge in [-0.15, -0.1) is 0 Å². The van der Waals surface area contributed by atoms with E-state index in [9.17, 15) is 24.0 Å². The van der Waals surface area contributed by atoms with E-state index < -0.39 is 29.4 Å². The lowest BCUT2D eigenvalue weighted by atomic mass is 10.1. The van der Waals surface area contributed by atoms with Crippen LogP contribution in [0, 0.1) is 24.1 Å². The Bertz CT molecular complexity index is 1680. The van der Waals surface area contributed by atoms with E-state index >= 15 is 0 Å². The molecule has 3 aromatic carbocycles. The Kier molecular flexibility index (Phi) is 6.81. The van der Waals surface area contributed by atoms with Crippen molar-refractivity contribution in [3.8, 4) is 6.07 Å². The van der Waals surface area contributed by atoms with Crippen molar-refractivity contribution in [2.75, 3.05) is 11.9 Å². The van der Waals surface area contributed by atoms with Crippen LogP contribution < -0.4 is 5.32 Å². The third kappa shape index (κ3) is 4.82. The Balaban J connectivity index is 1.43. The quantitative estimate of drug-likeness (QED) is 0.327. The van der Waals surface area contributed by atoms with Gasteiger partial charge in [0.1, 0.15) is 12.4 Å². The van der Waals surface area contributed by atoms with E-state index in [1.807, 2.05) is 49.4 Å². The van der Waals surface area contributed by atoms with Gasteiger partial charge in [0.05, 0.1) is 16.5 Å². The number of halogens is 1. The van der Waals surface area contributed by atoms with Crippen molar-refractivity contribution in [1.82, 2.24) is 9.47 Å². The molecule has 1 fully saturated rings. The van der Waals surface area contributed by atoms with Crippen LogP contribution in [-0.2, 0) is 16.1 Å². The minimum Gasteiger partial charge on any atom is -0.340 e. The van der Waals surface area contributed by atoms with Crippen molar-refractivity contribution in [1.29, 1.82) is 5.26 Å². The molecule has 5 rings (SSSR count). The Hall–Kier alpha value is -4.68. The molecule has 1 aromatic heterocycles. The van der Waals surface area contributed by atoms with Crippen molar-refractivity contribution < 1.29 is 18.8 Å². The number of aromatic nitrogens is 1. The van der Waals surface area contributed by atoms with E-state index in [4.69, 9.17) is 0 Å². The number of imide groups is 1. The normalized spacial score (nSPS) is 14.3. The summed E-state index contributed by atoms with van der Waals surface area (Å²) < 4.78 is 15.5. The van der Waals surface area contributed by atoms with Crippen LogP contribution in [0.2, 0.25) is 0 Å². The number of benzene rings is 3. The van der Waals surface area contributed by atoms with Gasteiger partial charge in [0.25, 0.3) is 11.1 Å². The first kappa shape index (κ1) is 25.0. The molecular weight excluding hydrogens is 503 g/mol. The number of nitrogens with one attached hydrogen (secondary N) is 1. The molecule has 0 atom stereocenters. The van der Waals surface area contributed by atoms with Gasteiger partial charge in [-0.1, -0.05) is 42.5 Å². The summed E-state index contributed by atoms with van der Waals surface area (Å²) in [5.74, 6) is -1.69. The molecule has 3 amide bonds. The summed E-state index contributed by atoms with van der Waals surface area (Å²) in [4.78, 5) is 39.3. The molecule has 0 bridgehead atoms. The number of nitrogens with zero attached hydrogens (tertiary/aromatic N) is 3. The number of amides is 3. The summed E-state index contributed by atoms with van der Waals surface area (Å²) in [6.07, 6.45) is 1.68. The van der Waals surface area contributed by atoms with Gasteiger partial charge in [0.15, 0.2) is 0 Å². The SMILES string of the molecule is Cc1c(/C=C2/SC(=O)N(CC(=O)Nc3cccc(F)c3)C2=O)c2ccccc2n1Cc1ccccc1C#N. The lowest BCUT2D eigenvalue weighted by molar-refractivity contribution is -0.127. The summed E-state index contributed by atoms with van der Waals surface area (Å²) in [5, 5.41) is 12.4. The molecule has 0 unspecified atom stereocenters. The van der Waals surface area contributed by atoms with Crippen LogP contribution in [0.25, 0.3) is 17.0 Å². The number of para-hydroxylation sites is 1. The van der Waals surface area contributed by atoms with Gasteiger partial charge in [-0.25, -0.2) is 4.39 Å². The number of nitriles is 1. The number of carbonyl (C=O) groups is 3. The molecule has 1 saturated heterocycles. The highest BCUT2D eigenvalue weighted by atomic mass is 32.2. The lowest BCUT2D eigenvalue weighted by Crippen LogP contribution is -2.36. The van der Waals surface area contributed by atoms with Crippen molar-refractivity contribution in [3.05, 3.63) is 106 Å². The average molecular weight is 525 g/mol. The first-order valence-corrected chi connectivity index (χ1v) is 12.5. The minimum absolute atomic E-state index is 0.206. The van der Waals surface area contributed by atoms with Gasteiger partial charge in [-0.3, -0.25) is 19.3 Å². The van der Waals surface area contributed by atoms with Gasteiger partial charge < -0.3 is 9.88 Å². The van der Waals surface area contributed by atoms with Gasteiger partial charge >= 0.3 is 0 Å². The molecule has 7 nitrogen and oxygen atoms in total. The van der Waals surface area contributed by atoms with Crippen LogP contribution in [0.15, 0.2) is 77.7 Å². The number of anilines is 1. The largest absolute Gasteiger partial charge is 0.340 e. The molecule has 9 heteroatoms. The monoisotopic (exact) mass is 524 g/mol. The van der Waals surface area contributed by atoms with Crippen molar-refractivity contribution >= 4 is 51.5 Å². The fourth-order valence-corrected chi connectivity index (χ4v) is 5.28. The highest BCUT2D eigenvalue weighted by molar-refractivity contribution is 8.18. The molecule has 1 aliphatic heterocycles. The summed E-state index contributed by atoms with van der Waals surface area (Å²) in [6, 6.07) is 22.7. The van der Waals surface area contributed by atoms with Crippen molar-refractivity contribution in [2.45, 2.75) is 13.5 Å². The fraction of sp³-hybridized carbons (Fsp3) is 0.103. The maximum atomic E-state index is 13.4. The second-order valence-electron chi connectivity index (χ2n) is 8.70. The highest BCUT2D eigenvalue weighted by Gasteiger charge is 2.36. The van der Waals surface area contributed by atoms with Crippen molar-refractivity contribution in [3.63, 3.8) is 0 Å². The van der Waals surface area contributed by atoms with E-state index in [1.165, 1.54) is 18.2 Å². The molecular formula is C29H21FN4O3S. The zero-order valence-corrected chi connectivity index (χ0v) is 21.1. The minimum atomic E-state index is -0.608. The van der Waals surface area contributed by atoms with Crippen LogP contribution >= 0.6 is 11.8 Å². The summed E-state index contributed by atoms with van der Waals surface area (Å²) in [7, 11) is 0. The average Bonchev–Trinajstić information content (AvgIpc) is 3.32. The second kappa shape index (κ2) is 10.4. The third-order valence-electron chi connectivity index (χ3n) is 6.31. The molecule has 4 aromatic rings. The summed E-state index contributed by atoms with van der Waals surface area (Å²) >= 11 is 0.770. The topological polar surface area (TPSA) is 95.2 Å². The molecule has 0 aliphatic carbocycles. The Morgan fingerprint density at radius 1 is 1.08 bits per heavy atom. The summed E-state index contributed by atoms with van der Waals surface area (Å²) in [5.41, 5.74) is 4.27. The number of thioether (sulfide) groups is 1. The predicted molar refractivity (Wildman–Crippen MR) is 145 cm³/mol. The standard InChI is InChI=1S/C29H21FN4O3S/c1-18-24(23-11-4-5-12-25(23)33(18)16-20-8-3-2-7-19(20)15-31)14-26-28(36)34(29(37)38-26)17-27(35)32-22-10-6-9-21(30)13-22/h2-14H,16-17H2,1H3,(H,32,35)/b26-14+. The molecule has 188 valence electrons. The van der Waals surface area contributed by atoms with Crippen LogP contribution in [0.1, 0.15) is 22.4 Å². The van der Waals surface area contributed by atoms with E-state index in [-0.39, 0.29) is 10.6 Å². The van der Waals surface area contributed by atoms with Gasteiger partial charge in [-0.2, -0.15) is 5.26 Å². The first-order chi connectivity index (χ1) is 18.4. The molecule has 2 heterocycles. The molecule has 1 aliphatic rings. The number of fused-ring (bicyclic) bond motifs is 1.